The van der Waals surface area contributed by atoms with Crippen LogP contribution >= 0.6 is 11.3 Å². The van der Waals surface area contributed by atoms with Gasteiger partial charge in [-0.15, -0.1) is 11.3 Å². The number of aryl methyl sites for hydroxylation is 1. The molecule has 3 aromatic carbocycles. The number of benzene rings is 3. The molecule has 0 spiro atoms. The Morgan fingerprint density at radius 3 is 1.57 bits per heavy atom. The van der Waals surface area contributed by atoms with E-state index in [0.29, 0.717) is 11.3 Å². The fraction of sp³-hybridized carbons (Fsp3) is 0.179. The van der Waals surface area contributed by atoms with Crippen LogP contribution in [0.2, 0.25) is 0 Å². The molecule has 0 amide bonds. The van der Waals surface area contributed by atoms with Crippen LogP contribution in [0.25, 0.3) is 0 Å². The van der Waals surface area contributed by atoms with Gasteiger partial charge in [0.1, 0.15) is 0 Å². The molecule has 9 heteroatoms. The summed E-state index contributed by atoms with van der Waals surface area (Å²) in [7, 11) is 0. The maximum Gasteiger partial charge on any atom is 0.0991 e. The van der Waals surface area contributed by atoms with Crippen LogP contribution in [0.1, 0.15) is 24.0 Å². The molecule has 0 saturated carbocycles. The fourth-order valence-electron chi connectivity index (χ4n) is 3.20. The third-order valence-corrected chi connectivity index (χ3v) is 6.28. The molecule has 0 atom stereocenters. The molecule has 8 nitrogen and oxygen atoms in total. The Labute approximate surface area is 223 Å². The molecule has 12 N–H and O–H groups in total. The largest absolute Gasteiger partial charge is 0.399 e. The van der Waals surface area contributed by atoms with Gasteiger partial charge < -0.3 is 39.3 Å². The molecule has 4 aromatic rings. The number of nitriles is 1. The number of hydrogen-bond donors (Lipinski definition) is 6. The Kier molecular flexibility index (Phi) is 11.4. The number of thiophene rings is 1. The van der Waals surface area contributed by atoms with Gasteiger partial charge >= 0.3 is 0 Å². The number of nitrogens with zero attached hydrogens (tertiary/aromatic N) is 2. The summed E-state index contributed by atoms with van der Waals surface area (Å²) in [6.07, 6.45) is 2.66. The first-order chi connectivity index (χ1) is 17.7. The molecular formula is C28H36N8S. The number of nitrogens with two attached hydrogens (primary N) is 6. The van der Waals surface area contributed by atoms with Crippen LogP contribution < -0.4 is 39.3 Å². The predicted octanol–water partition coefficient (Wildman–Crippen LogP) is 5.08. The van der Waals surface area contributed by atoms with Gasteiger partial charge in [-0.05, 0) is 104 Å². The zero-order chi connectivity index (χ0) is 27.2. The van der Waals surface area contributed by atoms with Gasteiger partial charge in [-0.1, -0.05) is 0 Å². The SMILES string of the molecule is Cc1cc(N)ccc1N.N#Cc1ccc(N)cc1.Nc1ccc(N)cc1.Nc1ccc(N2CCCC2)s1. The van der Waals surface area contributed by atoms with Crippen molar-refractivity contribution in [2.45, 2.75) is 19.8 Å². The van der Waals surface area contributed by atoms with Crippen molar-refractivity contribution in [3.8, 4) is 6.07 Å². The minimum Gasteiger partial charge on any atom is -0.399 e. The van der Waals surface area contributed by atoms with E-state index < -0.39 is 0 Å². The molecule has 37 heavy (non-hydrogen) atoms. The van der Waals surface area contributed by atoms with E-state index in [4.69, 9.17) is 39.7 Å². The summed E-state index contributed by atoms with van der Waals surface area (Å²) < 4.78 is 0. The average Bonchev–Trinajstić information content (AvgIpc) is 3.57. The summed E-state index contributed by atoms with van der Waals surface area (Å²) in [5.74, 6) is 0. The third kappa shape index (κ3) is 10.7. The monoisotopic (exact) mass is 516 g/mol. The van der Waals surface area contributed by atoms with Gasteiger partial charge in [-0.25, -0.2) is 0 Å². The van der Waals surface area contributed by atoms with E-state index in [1.54, 1.807) is 65.9 Å². The lowest BCUT2D eigenvalue weighted by atomic mass is 10.2. The highest BCUT2D eigenvalue weighted by atomic mass is 32.1. The lowest BCUT2D eigenvalue weighted by molar-refractivity contribution is 0.949. The van der Waals surface area contributed by atoms with Crippen LogP contribution in [0.3, 0.4) is 0 Å². The highest BCUT2D eigenvalue weighted by Gasteiger charge is 2.13. The molecule has 1 aromatic heterocycles. The molecule has 194 valence electrons. The van der Waals surface area contributed by atoms with Crippen molar-refractivity contribution in [1.82, 2.24) is 0 Å². The molecule has 0 radical (unpaired) electrons. The Hall–Kier alpha value is -4.55. The molecule has 5 rings (SSSR count). The summed E-state index contributed by atoms with van der Waals surface area (Å²) >= 11 is 1.69. The first kappa shape index (κ1) is 28.7. The van der Waals surface area contributed by atoms with Gasteiger partial charge in [0, 0.05) is 41.5 Å². The summed E-state index contributed by atoms with van der Waals surface area (Å²) in [5.41, 5.74) is 38.2. The van der Waals surface area contributed by atoms with Gasteiger partial charge in [-0.3, -0.25) is 0 Å². The van der Waals surface area contributed by atoms with Crippen LogP contribution in [-0.4, -0.2) is 13.1 Å². The number of hydrogen-bond acceptors (Lipinski definition) is 9. The average molecular weight is 517 g/mol. The minimum absolute atomic E-state index is 0.643. The number of rotatable bonds is 1. The second kappa shape index (κ2) is 14.8. The zero-order valence-corrected chi connectivity index (χ0v) is 21.9. The quantitative estimate of drug-likeness (QED) is 0.189. The van der Waals surface area contributed by atoms with Gasteiger partial charge in [0.25, 0.3) is 0 Å². The molecule has 1 aliphatic rings. The molecular weight excluding hydrogens is 480 g/mol. The Morgan fingerprint density at radius 2 is 1.16 bits per heavy atom. The highest BCUT2D eigenvalue weighted by Crippen LogP contribution is 2.29. The molecule has 1 fully saturated rings. The number of nitrogen functional groups attached to an aromatic ring is 6. The zero-order valence-electron chi connectivity index (χ0n) is 21.1. The second-order valence-corrected chi connectivity index (χ2v) is 9.48. The summed E-state index contributed by atoms with van der Waals surface area (Å²) in [4.78, 5) is 2.40. The van der Waals surface area contributed by atoms with Crippen molar-refractivity contribution >= 4 is 49.8 Å². The molecule has 2 heterocycles. The standard InChI is InChI=1S/C8H12N2S.C7H10N2.C7H6N2.C6H8N2/c9-7-3-4-8(11-7)10-5-1-2-6-10;1-5-4-6(8)2-3-7(5)9;8-5-6-1-3-7(9)4-2-6;7-5-1-2-6(8)4-3-5/h3-4H,1-2,5-6,9H2;2-4H,8-9H2,1H3;1-4H,9H2;1-4H,7-8H2. The second-order valence-electron chi connectivity index (χ2n) is 8.39. The van der Waals surface area contributed by atoms with Crippen LogP contribution in [-0.2, 0) is 0 Å². The van der Waals surface area contributed by atoms with Gasteiger partial charge in [0.05, 0.1) is 21.6 Å². The Bertz CT molecular complexity index is 1230. The third-order valence-electron chi connectivity index (χ3n) is 5.30. The van der Waals surface area contributed by atoms with E-state index in [1.165, 1.54) is 30.9 Å². The van der Waals surface area contributed by atoms with Crippen LogP contribution in [0.5, 0.6) is 0 Å². The minimum atomic E-state index is 0.643. The Balaban J connectivity index is 0.000000175. The van der Waals surface area contributed by atoms with Crippen molar-refractivity contribution < 1.29 is 0 Å². The molecule has 1 aliphatic heterocycles. The molecule has 0 unspecified atom stereocenters. The van der Waals surface area contributed by atoms with Crippen molar-refractivity contribution in [3.05, 3.63) is 90.0 Å². The van der Waals surface area contributed by atoms with Gasteiger partial charge in [-0.2, -0.15) is 5.26 Å². The molecule has 0 aliphatic carbocycles. The summed E-state index contributed by atoms with van der Waals surface area (Å²) in [6, 6.07) is 25.4. The smallest absolute Gasteiger partial charge is 0.0991 e. The van der Waals surface area contributed by atoms with Crippen molar-refractivity contribution in [2.75, 3.05) is 52.4 Å². The van der Waals surface area contributed by atoms with Crippen LogP contribution in [0.15, 0.2) is 78.9 Å². The van der Waals surface area contributed by atoms with Crippen molar-refractivity contribution in [2.24, 2.45) is 0 Å². The summed E-state index contributed by atoms with van der Waals surface area (Å²) in [5, 5.41) is 10.6. The van der Waals surface area contributed by atoms with Gasteiger partial charge in [0.2, 0.25) is 0 Å². The van der Waals surface area contributed by atoms with E-state index >= 15 is 0 Å². The van der Waals surface area contributed by atoms with Crippen LogP contribution in [0.4, 0.5) is 38.4 Å². The van der Waals surface area contributed by atoms with Crippen molar-refractivity contribution in [1.29, 1.82) is 5.26 Å². The normalized spacial score (nSPS) is 11.5. The van der Waals surface area contributed by atoms with E-state index in [-0.39, 0.29) is 0 Å². The fourth-order valence-corrected chi connectivity index (χ4v) is 4.03. The lowest BCUT2D eigenvalue weighted by Crippen LogP contribution is -2.15. The Morgan fingerprint density at radius 1 is 0.676 bits per heavy atom. The maximum atomic E-state index is 8.34. The molecule has 0 bridgehead atoms. The van der Waals surface area contributed by atoms with E-state index in [1.807, 2.05) is 31.2 Å². The first-order valence-electron chi connectivity index (χ1n) is 11.8. The van der Waals surface area contributed by atoms with E-state index in [2.05, 4.69) is 11.0 Å². The first-order valence-corrected chi connectivity index (χ1v) is 12.6. The highest BCUT2D eigenvalue weighted by molar-refractivity contribution is 7.19. The van der Waals surface area contributed by atoms with Gasteiger partial charge in [0.15, 0.2) is 0 Å². The maximum absolute atomic E-state index is 8.34. The van der Waals surface area contributed by atoms with E-state index in [9.17, 15) is 0 Å². The topological polar surface area (TPSA) is 183 Å². The number of anilines is 7. The predicted molar refractivity (Wildman–Crippen MR) is 161 cm³/mol. The lowest BCUT2D eigenvalue weighted by Gasteiger charge is -2.13. The molecule has 1 saturated heterocycles. The summed E-state index contributed by atoms with van der Waals surface area (Å²) in [6.45, 7) is 4.35. The van der Waals surface area contributed by atoms with Crippen molar-refractivity contribution in [3.63, 3.8) is 0 Å². The van der Waals surface area contributed by atoms with E-state index in [0.717, 1.165) is 33.3 Å². The van der Waals surface area contributed by atoms with Crippen LogP contribution in [0, 0.1) is 18.3 Å².